The van der Waals surface area contributed by atoms with E-state index in [1.807, 2.05) is 0 Å². The van der Waals surface area contributed by atoms with E-state index in [0.717, 1.165) is 53.1 Å². The minimum Gasteiger partial charge on any atom is -0.300 e. The number of nitrogens with zero attached hydrogens (tertiary/aromatic N) is 1. The first kappa shape index (κ1) is 19.8. The van der Waals surface area contributed by atoms with E-state index in [4.69, 9.17) is 0 Å². The lowest BCUT2D eigenvalue weighted by Crippen LogP contribution is -2.48. The van der Waals surface area contributed by atoms with Crippen LogP contribution < -0.4 is 0 Å². The number of rotatable bonds is 2. The Bertz CT molecular complexity index is 610. The zero-order valence-electron chi connectivity index (χ0n) is 19.6. The van der Waals surface area contributed by atoms with E-state index in [-0.39, 0.29) is 0 Å². The van der Waals surface area contributed by atoms with E-state index in [1.165, 1.54) is 24.8 Å². The van der Waals surface area contributed by atoms with Crippen molar-refractivity contribution in [2.45, 2.75) is 126 Å². The first-order valence-electron chi connectivity index (χ1n) is 13.8. The van der Waals surface area contributed by atoms with Crippen LogP contribution in [0.3, 0.4) is 0 Å². The fraction of sp³-hybridized carbons (Fsp3) is 1.00. The van der Waals surface area contributed by atoms with Crippen molar-refractivity contribution in [3.8, 4) is 0 Å². The van der Waals surface area contributed by atoms with Crippen LogP contribution in [-0.2, 0) is 0 Å². The second kappa shape index (κ2) is 7.36. The average Bonchev–Trinajstić information content (AvgIpc) is 3.45. The van der Waals surface area contributed by atoms with Crippen molar-refractivity contribution in [1.29, 1.82) is 0 Å². The zero-order valence-corrected chi connectivity index (χ0v) is 20.6. The lowest BCUT2D eigenvalue weighted by molar-refractivity contribution is 0.0236. The molecule has 9 atom stereocenters. The highest BCUT2D eigenvalue weighted by atomic mass is 28.3. The molecule has 0 N–H and O–H groups in total. The monoisotopic (exact) mass is 413 g/mol. The molecule has 0 aromatic rings. The van der Waals surface area contributed by atoms with Crippen molar-refractivity contribution in [3.63, 3.8) is 0 Å². The molecule has 29 heavy (non-hydrogen) atoms. The van der Waals surface area contributed by atoms with Gasteiger partial charge in [0.15, 0.2) is 0 Å². The summed E-state index contributed by atoms with van der Waals surface area (Å²) in [5, 5.41) is 0. The predicted molar refractivity (Wildman–Crippen MR) is 126 cm³/mol. The van der Waals surface area contributed by atoms with Gasteiger partial charge in [-0.25, -0.2) is 0 Å². The summed E-state index contributed by atoms with van der Waals surface area (Å²) in [6.07, 6.45) is 21.9. The standard InChI is InChI=1S/C27H47NSi/c1-28-23-15-9-8-14-21(23)25-26(28)24-20-13-7-4-10-18(20)16-17-22(24)27(25)29(2,3)19-11-5-6-12-19/h18-27H,4-17H2,1-3H3. The summed E-state index contributed by atoms with van der Waals surface area (Å²) >= 11 is 0. The van der Waals surface area contributed by atoms with Gasteiger partial charge in [-0.05, 0) is 85.7 Å². The maximum absolute atomic E-state index is 3.04. The first-order valence-corrected chi connectivity index (χ1v) is 17.0. The van der Waals surface area contributed by atoms with E-state index in [0.29, 0.717) is 0 Å². The Morgan fingerprint density at radius 2 is 1.28 bits per heavy atom. The van der Waals surface area contributed by atoms with Crippen molar-refractivity contribution in [1.82, 2.24) is 4.90 Å². The minimum atomic E-state index is -1.22. The molecule has 0 aromatic heterocycles. The van der Waals surface area contributed by atoms with Gasteiger partial charge in [0.1, 0.15) is 0 Å². The Morgan fingerprint density at radius 3 is 2.07 bits per heavy atom. The summed E-state index contributed by atoms with van der Waals surface area (Å²) in [4.78, 5) is 3.04. The van der Waals surface area contributed by atoms with Crippen LogP contribution in [0.25, 0.3) is 0 Å². The summed E-state index contributed by atoms with van der Waals surface area (Å²) in [6.45, 7) is 5.80. The Balaban J connectivity index is 1.41. The minimum absolute atomic E-state index is 0.958. The first-order chi connectivity index (χ1) is 14.1. The molecule has 6 aliphatic rings. The molecule has 0 radical (unpaired) electrons. The number of likely N-dealkylation sites (tertiary alicyclic amines) is 1. The van der Waals surface area contributed by atoms with E-state index in [2.05, 4.69) is 25.0 Å². The van der Waals surface area contributed by atoms with Crippen LogP contribution >= 0.6 is 0 Å². The van der Waals surface area contributed by atoms with Gasteiger partial charge in [-0.3, -0.25) is 4.90 Å². The molecule has 1 aliphatic heterocycles. The van der Waals surface area contributed by atoms with Gasteiger partial charge in [0.05, 0.1) is 8.07 Å². The highest BCUT2D eigenvalue weighted by Gasteiger charge is 2.67. The molecule has 0 aromatic carbocycles. The van der Waals surface area contributed by atoms with Crippen LogP contribution in [0.1, 0.15) is 89.9 Å². The quantitative estimate of drug-likeness (QED) is 0.428. The molecule has 5 saturated carbocycles. The largest absolute Gasteiger partial charge is 0.300 e. The third kappa shape index (κ3) is 2.86. The fourth-order valence-electron chi connectivity index (χ4n) is 11.1. The topological polar surface area (TPSA) is 3.24 Å². The van der Waals surface area contributed by atoms with Crippen LogP contribution in [0.15, 0.2) is 0 Å². The molecule has 2 heteroatoms. The van der Waals surface area contributed by atoms with Gasteiger partial charge in [-0.1, -0.05) is 70.9 Å². The number of fused-ring (bicyclic) bond motifs is 7. The molecule has 5 aliphatic carbocycles. The lowest BCUT2D eigenvalue weighted by atomic mass is 9.61. The zero-order chi connectivity index (χ0) is 19.8. The molecule has 0 bridgehead atoms. The van der Waals surface area contributed by atoms with Crippen LogP contribution in [0.4, 0.5) is 0 Å². The van der Waals surface area contributed by atoms with Gasteiger partial charge in [0.25, 0.3) is 0 Å². The normalized spacial score (nSPS) is 50.8. The van der Waals surface area contributed by atoms with E-state index < -0.39 is 8.07 Å². The number of hydrogen-bond acceptors (Lipinski definition) is 1. The highest BCUT2D eigenvalue weighted by molar-refractivity contribution is 6.80. The summed E-state index contributed by atoms with van der Waals surface area (Å²) < 4.78 is 0. The van der Waals surface area contributed by atoms with Crippen LogP contribution in [0.5, 0.6) is 0 Å². The maximum Gasteiger partial charge on any atom is 0.0542 e. The number of hydrogen-bond donors (Lipinski definition) is 0. The smallest absolute Gasteiger partial charge is 0.0542 e. The molecule has 1 nitrogen and oxygen atoms in total. The van der Waals surface area contributed by atoms with Crippen molar-refractivity contribution in [3.05, 3.63) is 0 Å². The molecule has 1 saturated heterocycles. The molecular weight excluding hydrogens is 366 g/mol. The molecule has 0 amide bonds. The van der Waals surface area contributed by atoms with Gasteiger partial charge in [0.2, 0.25) is 0 Å². The van der Waals surface area contributed by atoms with Crippen LogP contribution in [0.2, 0.25) is 24.2 Å². The second-order valence-electron chi connectivity index (χ2n) is 13.1. The molecule has 9 unspecified atom stereocenters. The molecular formula is C27H47NSi. The Hall–Kier alpha value is 0.177. The fourth-order valence-corrected chi connectivity index (χ4v) is 16.4. The van der Waals surface area contributed by atoms with Gasteiger partial charge < -0.3 is 0 Å². The van der Waals surface area contributed by atoms with Crippen LogP contribution in [-0.4, -0.2) is 32.1 Å². The summed E-state index contributed by atoms with van der Waals surface area (Å²) in [5.41, 5.74) is 2.32. The summed E-state index contributed by atoms with van der Waals surface area (Å²) in [7, 11) is 1.38. The molecule has 0 spiro atoms. The Labute approximate surface area is 181 Å². The Morgan fingerprint density at radius 1 is 0.621 bits per heavy atom. The molecule has 1 heterocycles. The van der Waals surface area contributed by atoms with Crippen molar-refractivity contribution in [2.24, 2.45) is 35.5 Å². The maximum atomic E-state index is 3.04. The SMILES string of the molecule is CN1C2CCCCC2C2C1C1C3CCCCC3CCC1C2[Si](C)(C)C1CCCC1. The van der Waals surface area contributed by atoms with E-state index >= 15 is 0 Å². The third-order valence-corrected chi connectivity index (χ3v) is 17.2. The molecule has 164 valence electrons. The second-order valence-corrected chi connectivity index (χ2v) is 18.2. The summed E-state index contributed by atoms with van der Waals surface area (Å²) in [5.74, 6) is 6.60. The van der Waals surface area contributed by atoms with Gasteiger partial charge >= 0.3 is 0 Å². The van der Waals surface area contributed by atoms with Crippen molar-refractivity contribution < 1.29 is 0 Å². The highest BCUT2D eigenvalue weighted by Crippen LogP contribution is 2.69. The lowest BCUT2D eigenvalue weighted by Gasteiger charge is -2.50. The third-order valence-electron chi connectivity index (χ3n) is 12.0. The van der Waals surface area contributed by atoms with Crippen molar-refractivity contribution in [2.75, 3.05) is 7.05 Å². The predicted octanol–water partition coefficient (Wildman–Crippen LogP) is 7.34. The molecule has 6 fully saturated rings. The van der Waals surface area contributed by atoms with E-state index in [1.54, 1.807) is 70.6 Å². The Kier molecular flexibility index (Phi) is 5.03. The van der Waals surface area contributed by atoms with Gasteiger partial charge in [-0.2, -0.15) is 0 Å². The van der Waals surface area contributed by atoms with Crippen LogP contribution in [0, 0.1) is 35.5 Å². The van der Waals surface area contributed by atoms with E-state index in [9.17, 15) is 0 Å². The van der Waals surface area contributed by atoms with Gasteiger partial charge in [-0.15, -0.1) is 0 Å². The average molecular weight is 414 g/mol. The summed E-state index contributed by atoms with van der Waals surface area (Å²) in [6, 6.07) is 1.94. The molecule has 6 rings (SSSR count). The van der Waals surface area contributed by atoms with Gasteiger partial charge in [0, 0.05) is 12.1 Å². The van der Waals surface area contributed by atoms with Crippen molar-refractivity contribution >= 4 is 8.07 Å².